The molecule has 1 fully saturated rings. The molecule has 4 nitrogen and oxygen atoms in total. The number of nitrogens with one attached hydrogen (secondary N) is 1. The minimum Gasteiger partial charge on any atom is -0.352 e. The number of carbonyl (C=O) groups is 1. The molecule has 3 atom stereocenters. The van der Waals surface area contributed by atoms with Gasteiger partial charge in [0.05, 0.1) is 6.54 Å². The van der Waals surface area contributed by atoms with Gasteiger partial charge in [-0.05, 0) is 25.2 Å². The summed E-state index contributed by atoms with van der Waals surface area (Å²) in [6.45, 7) is 10.8. The Balaban J connectivity index is 2.35. The Hall–Kier alpha value is -0.610. The van der Waals surface area contributed by atoms with Crippen LogP contribution in [0.25, 0.3) is 0 Å². The number of carbonyl (C=O) groups excluding carboxylic acids is 1. The molecule has 1 aliphatic rings. The fourth-order valence-corrected chi connectivity index (χ4v) is 2.31. The highest BCUT2D eigenvalue weighted by Crippen LogP contribution is 2.14. The molecule has 0 radical (unpaired) electrons. The van der Waals surface area contributed by atoms with Crippen LogP contribution in [0.4, 0.5) is 0 Å². The SMILES string of the molecule is CC1CC(N)CN(CC(=O)NC(C)C(C)C)C1. The number of likely N-dealkylation sites (tertiary alicyclic amines) is 1. The largest absolute Gasteiger partial charge is 0.352 e. The zero-order chi connectivity index (χ0) is 13.0. The Morgan fingerprint density at radius 1 is 1.41 bits per heavy atom. The van der Waals surface area contributed by atoms with E-state index in [2.05, 4.69) is 31.0 Å². The lowest BCUT2D eigenvalue weighted by molar-refractivity contribution is -0.123. The molecule has 100 valence electrons. The van der Waals surface area contributed by atoms with Crippen LogP contribution in [0.5, 0.6) is 0 Å². The van der Waals surface area contributed by atoms with Crippen molar-refractivity contribution in [2.45, 2.75) is 46.2 Å². The summed E-state index contributed by atoms with van der Waals surface area (Å²) in [5.74, 6) is 1.18. The summed E-state index contributed by atoms with van der Waals surface area (Å²) < 4.78 is 0. The number of piperidine rings is 1. The Morgan fingerprint density at radius 3 is 2.59 bits per heavy atom. The Morgan fingerprint density at radius 2 is 2.06 bits per heavy atom. The fraction of sp³-hybridized carbons (Fsp3) is 0.923. The van der Waals surface area contributed by atoms with Crippen LogP contribution in [0.15, 0.2) is 0 Å². The lowest BCUT2D eigenvalue weighted by Gasteiger charge is -2.34. The molecule has 3 unspecified atom stereocenters. The van der Waals surface area contributed by atoms with E-state index in [1.807, 2.05) is 6.92 Å². The van der Waals surface area contributed by atoms with Gasteiger partial charge in [0.2, 0.25) is 5.91 Å². The molecule has 3 N–H and O–H groups in total. The number of nitrogens with zero attached hydrogens (tertiary/aromatic N) is 1. The molecule has 0 spiro atoms. The highest BCUT2D eigenvalue weighted by Gasteiger charge is 2.24. The third-order valence-electron chi connectivity index (χ3n) is 3.52. The van der Waals surface area contributed by atoms with Gasteiger partial charge >= 0.3 is 0 Å². The van der Waals surface area contributed by atoms with E-state index in [0.29, 0.717) is 18.4 Å². The maximum Gasteiger partial charge on any atom is 0.234 e. The lowest BCUT2D eigenvalue weighted by Crippen LogP contribution is -2.50. The zero-order valence-electron chi connectivity index (χ0n) is 11.6. The number of hydrogen-bond donors (Lipinski definition) is 2. The van der Waals surface area contributed by atoms with Crippen molar-refractivity contribution in [3.8, 4) is 0 Å². The highest BCUT2D eigenvalue weighted by molar-refractivity contribution is 5.78. The second-order valence-electron chi connectivity index (χ2n) is 5.90. The summed E-state index contributed by atoms with van der Waals surface area (Å²) in [5, 5.41) is 3.03. The molecule has 0 bridgehead atoms. The van der Waals surface area contributed by atoms with E-state index in [1.54, 1.807) is 0 Å². The van der Waals surface area contributed by atoms with E-state index < -0.39 is 0 Å². The summed E-state index contributed by atoms with van der Waals surface area (Å²) in [6.07, 6.45) is 1.07. The van der Waals surface area contributed by atoms with Gasteiger partial charge in [-0.15, -0.1) is 0 Å². The molecule has 1 saturated heterocycles. The smallest absolute Gasteiger partial charge is 0.234 e. The quantitative estimate of drug-likeness (QED) is 0.766. The predicted octanol–water partition coefficient (Wildman–Crippen LogP) is 0.816. The minimum atomic E-state index is 0.118. The van der Waals surface area contributed by atoms with E-state index in [4.69, 9.17) is 5.73 Å². The van der Waals surface area contributed by atoms with E-state index in [-0.39, 0.29) is 18.0 Å². The van der Waals surface area contributed by atoms with Crippen LogP contribution in [0.1, 0.15) is 34.1 Å². The Bertz CT molecular complexity index is 245. The number of rotatable bonds is 4. The molecule has 0 aromatic carbocycles. The van der Waals surface area contributed by atoms with Gasteiger partial charge in [0.15, 0.2) is 0 Å². The first-order valence-corrected chi connectivity index (χ1v) is 6.65. The molecule has 1 aliphatic heterocycles. The third kappa shape index (κ3) is 5.04. The summed E-state index contributed by atoms with van der Waals surface area (Å²) in [6, 6.07) is 0.451. The summed E-state index contributed by atoms with van der Waals surface area (Å²) in [5.41, 5.74) is 5.97. The normalized spacial score (nSPS) is 28.1. The Kier molecular flexibility index (Phi) is 5.40. The van der Waals surface area contributed by atoms with E-state index >= 15 is 0 Å². The standard InChI is InChI=1S/C13H27N3O/c1-9(2)11(4)15-13(17)8-16-6-10(3)5-12(14)7-16/h9-12H,5-8,14H2,1-4H3,(H,15,17). The topological polar surface area (TPSA) is 58.4 Å². The van der Waals surface area contributed by atoms with Crippen molar-refractivity contribution in [2.24, 2.45) is 17.6 Å². The number of amides is 1. The van der Waals surface area contributed by atoms with Crippen LogP contribution < -0.4 is 11.1 Å². The second kappa shape index (κ2) is 6.36. The van der Waals surface area contributed by atoms with Crippen molar-refractivity contribution in [2.75, 3.05) is 19.6 Å². The van der Waals surface area contributed by atoms with Crippen LogP contribution >= 0.6 is 0 Å². The van der Waals surface area contributed by atoms with Crippen molar-refractivity contribution in [1.29, 1.82) is 0 Å². The molecule has 1 heterocycles. The van der Waals surface area contributed by atoms with Gasteiger partial charge in [0.1, 0.15) is 0 Å². The highest BCUT2D eigenvalue weighted by atomic mass is 16.2. The van der Waals surface area contributed by atoms with Crippen molar-refractivity contribution >= 4 is 5.91 Å². The van der Waals surface area contributed by atoms with Gasteiger partial charge in [-0.1, -0.05) is 20.8 Å². The van der Waals surface area contributed by atoms with Crippen molar-refractivity contribution < 1.29 is 4.79 Å². The molecular weight excluding hydrogens is 214 g/mol. The van der Waals surface area contributed by atoms with Crippen LogP contribution in [0, 0.1) is 11.8 Å². The molecule has 4 heteroatoms. The molecule has 0 aromatic heterocycles. The monoisotopic (exact) mass is 241 g/mol. The number of hydrogen-bond acceptors (Lipinski definition) is 3. The van der Waals surface area contributed by atoms with Gasteiger partial charge in [0.25, 0.3) is 0 Å². The first-order valence-electron chi connectivity index (χ1n) is 6.65. The van der Waals surface area contributed by atoms with Gasteiger partial charge in [-0.3, -0.25) is 9.69 Å². The molecule has 1 amide bonds. The molecule has 17 heavy (non-hydrogen) atoms. The Labute approximate surface area is 105 Å². The van der Waals surface area contributed by atoms with Gasteiger partial charge in [-0.25, -0.2) is 0 Å². The third-order valence-corrected chi connectivity index (χ3v) is 3.52. The van der Waals surface area contributed by atoms with Crippen molar-refractivity contribution in [3.63, 3.8) is 0 Å². The van der Waals surface area contributed by atoms with Crippen LogP contribution in [-0.2, 0) is 4.79 Å². The van der Waals surface area contributed by atoms with Crippen molar-refractivity contribution in [3.05, 3.63) is 0 Å². The first-order chi connectivity index (χ1) is 7.88. The molecule has 1 rings (SSSR count). The fourth-order valence-electron chi connectivity index (χ4n) is 2.31. The molecule has 0 aliphatic carbocycles. The second-order valence-corrected chi connectivity index (χ2v) is 5.90. The lowest BCUT2D eigenvalue weighted by atomic mass is 9.96. The molecular formula is C13H27N3O. The van der Waals surface area contributed by atoms with Gasteiger partial charge in [0, 0.05) is 25.2 Å². The van der Waals surface area contributed by atoms with E-state index in [9.17, 15) is 4.79 Å². The predicted molar refractivity (Wildman–Crippen MR) is 70.6 cm³/mol. The summed E-state index contributed by atoms with van der Waals surface area (Å²) in [7, 11) is 0. The zero-order valence-corrected chi connectivity index (χ0v) is 11.6. The van der Waals surface area contributed by atoms with Crippen molar-refractivity contribution in [1.82, 2.24) is 10.2 Å². The van der Waals surface area contributed by atoms with Gasteiger partial charge in [-0.2, -0.15) is 0 Å². The molecule has 0 saturated carbocycles. The summed E-state index contributed by atoms with van der Waals surface area (Å²) in [4.78, 5) is 14.0. The minimum absolute atomic E-state index is 0.118. The van der Waals surface area contributed by atoms with E-state index in [0.717, 1.165) is 19.5 Å². The first kappa shape index (κ1) is 14.5. The van der Waals surface area contributed by atoms with Crippen LogP contribution in [-0.4, -0.2) is 42.5 Å². The maximum atomic E-state index is 11.8. The van der Waals surface area contributed by atoms with Crippen LogP contribution in [0.3, 0.4) is 0 Å². The van der Waals surface area contributed by atoms with E-state index in [1.165, 1.54) is 0 Å². The summed E-state index contributed by atoms with van der Waals surface area (Å²) >= 11 is 0. The van der Waals surface area contributed by atoms with Gasteiger partial charge < -0.3 is 11.1 Å². The van der Waals surface area contributed by atoms with Crippen LogP contribution in [0.2, 0.25) is 0 Å². The number of nitrogens with two attached hydrogens (primary N) is 1. The molecule has 0 aromatic rings. The average molecular weight is 241 g/mol. The average Bonchev–Trinajstić information content (AvgIpc) is 2.14. The maximum absolute atomic E-state index is 11.8.